The minimum atomic E-state index is -0.652. The number of fused-ring (bicyclic) bond motifs is 1. The van der Waals surface area contributed by atoms with E-state index in [1.54, 1.807) is 12.3 Å². The number of carbonyl (C=O) groups excluding carboxylic acids is 1. The number of hydrogen-bond acceptors (Lipinski definition) is 5. The van der Waals surface area contributed by atoms with Gasteiger partial charge in [-0.25, -0.2) is 9.37 Å². The molecule has 2 aromatic carbocycles. The molecule has 4 rings (SSSR count). The summed E-state index contributed by atoms with van der Waals surface area (Å²) in [4.78, 5) is 17.2. The maximum Gasteiger partial charge on any atom is 0.175 e. The molecule has 1 unspecified atom stereocenters. The van der Waals surface area contributed by atoms with Crippen LogP contribution in [0.1, 0.15) is 21.8 Å². The second-order valence-electron chi connectivity index (χ2n) is 6.25. The predicted octanol–water partition coefficient (Wildman–Crippen LogP) is 3.57. The van der Waals surface area contributed by atoms with E-state index in [1.165, 1.54) is 6.07 Å². The van der Waals surface area contributed by atoms with Gasteiger partial charge in [0.1, 0.15) is 17.4 Å². The Morgan fingerprint density at radius 1 is 1.19 bits per heavy atom. The monoisotopic (exact) mass is 349 g/mol. The maximum absolute atomic E-state index is 14.1. The molecule has 3 aromatic rings. The van der Waals surface area contributed by atoms with Crippen LogP contribution in [0.4, 0.5) is 15.9 Å². The summed E-state index contributed by atoms with van der Waals surface area (Å²) in [6, 6.07) is 12.7. The molecule has 0 saturated carbocycles. The summed E-state index contributed by atoms with van der Waals surface area (Å²) < 4.78 is 14.1. The number of rotatable bonds is 3. The van der Waals surface area contributed by atoms with Gasteiger partial charge in [0.25, 0.3) is 0 Å². The highest BCUT2D eigenvalue weighted by molar-refractivity contribution is 6.03. The highest BCUT2D eigenvalue weighted by Gasteiger charge is 2.32. The van der Waals surface area contributed by atoms with Crippen molar-refractivity contribution in [2.24, 2.45) is 0 Å². The smallest absolute Gasteiger partial charge is 0.175 e. The Hall–Kier alpha value is -3.41. The van der Waals surface area contributed by atoms with E-state index in [4.69, 9.17) is 5.73 Å². The van der Waals surface area contributed by atoms with Gasteiger partial charge < -0.3 is 16.2 Å². The van der Waals surface area contributed by atoms with E-state index < -0.39 is 17.5 Å². The highest BCUT2D eigenvalue weighted by atomic mass is 19.1. The van der Waals surface area contributed by atoms with Gasteiger partial charge in [-0.2, -0.15) is 0 Å². The number of aromatic nitrogens is 1. The van der Waals surface area contributed by atoms with Crippen LogP contribution in [0.2, 0.25) is 0 Å². The van der Waals surface area contributed by atoms with Crippen molar-refractivity contribution in [1.29, 1.82) is 0 Å². The lowest BCUT2D eigenvalue weighted by Crippen LogP contribution is -2.16. The summed E-state index contributed by atoms with van der Waals surface area (Å²) >= 11 is 0. The summed E-state index contributed by atoms with van der Waals surface area (Å²) in [6.45, 7) is 0.330. The van der Waals surface area contributed by atoms with Crippen molar-refractivity contribution in [1.82, 2.24) is 4.98 Å². The van der Waals surface area contributed by atoms with Gasteiger partial charge in [0, 0.05) is 29.6 Å². The van der Waals surface area contributed by atoms with Crippen molar-refractivity contribution in [3.05, 3.63) is 71.7 Å². The third kappa shape index (κ3) is 2.75. The van der Waals surface area contributed by atoms with Gasteiger partial charge in [0.15, 0.2) is 5.78 Å². The van der Waals surface area contributed by atoms with Crippen LogP contribution in [-0.2, 0) is 0 Å². The zero-order chi connectivity index (χ0) is 18.3. The number of nitrogen functional groups attached to an aromatic ring is 1. The molecular weight excluding hydrogens is 333 g/mol. The Morgan fingerprint density at radius 2 is 2.04 bits per heavy atom. The standard InChI is InChI=1S/C20H16FN3O2/c21-18-5-4-14(25)8-16(18)19(26)17-10-24-20-15(17)7-12(9-23-20)11-2-1-3-13(22)6-11/h1-9,17,25H,10,22H2,(H,23,24). The highest BCUT2D eigenvalue weighted by Crippen LogP contribution is 2.36. The first-order valence-electron chi connectivity index (χ1n) is 8.15. The van der Waals surface area contributed by atoms with Gasteiger partial charge in [0.2, 0.25) is 0 Å². The lowest BCUT2D eigenvalue weighted by Gasteiger charge is -2.11. The van der Waals surface area contributed by atoms with Gasteiger partial charge in [-0.15, -0.1) is 0 Å². The number of nitrogens with one attached hydrogen (secondary N) is 1. The number of aromatic hydroxyl groups is 1. The van der Waals surface area contributed by atoms with Gasteiger partial charge in [-0.3, -0.25) is 4.79 Å². The largest absolute Gasteiger partial charge is 0.508 e. The van der Waals surface area contributed by atoms with Gasteiger partial charge in [-0.1, -0.05) is 12.1 Å². The number of anilines is 2. The Bertz CT molecular complexity index is 1020. The average Bonchev–Trinajstić information content (AvgIpc) is 3.06. The van der Waals surface area contributed by atoms with Gasteiger partial charge >= 0.3 is 0 Å². The number of nitrogens with zero attached hydrogens (tertiary/aromatic N) is 1. The van der Waals surface area contributed by atoms with Crippen LogP contribution in [0.5, 0.6) is 5.75 Å². The Balaban J connectivity index is 1.74. The van der Waals surface area contributed by atoms with E-state index in [-0.39, 0.29) is 11.3 Å². The number of phenols is 1. The quantitative estimate of drug-likeness (QED) is 0.497. The fraction of sp³-hybridized carbons (Fsp3) is 0.100. The zero-order valence-corrected chi connectivity index (χ0v) is 13.7. The van der Waals surface area contributed by atoms with Crippen LogP contribution in [0.25, 0.3) is 11.1 Å². The molecule has 6 heteroatoms. The lowest BCUT2D eigenvalue weighted by atomic mass is 9.91. The first-order chi connectivity index (χ1) is 12.5. The van der Waals surface area contributed by atoms with Crippen LogP contribution >= 0.6 is 0 Å². The molecule has 1 atom stereocenters. The van der Waals surface area contributed by atoms with Crippen LogP contribution in [0.3, 0.4) is 0 Å². The molecule has 0 aliphatic carbocycles. The number of carbonyl (C=O) groups is 1. The fourth-order valence-corrected chi connectivity index (χ4v) is 3.20. The van der Waals surface area contributed by atoms with E-state index in [1.807, 2.05) is 24.3 Å². The third-order valence-corrected chi connectivity index (χ3v) is 4.52. The Morgan fingerprint density at radius 3 is 2.85 bits per heavy atom. The molecule has 0 bridgehead atoms. The molecule has 1 aliphatic heterocycles. The number of benzene rings is 2. The molecular formula is C20H16FN3O2. The second kappa shape index (κ2) is 6.15. The lowest BCUT2D eigenvalue weighted by molar-refractivity contribution is 0.0962. The Labute approximate surface area is 149 Å². The number of Topliss-reactive ketones (excluding diaryl/α,β-unsaturated/α-hetero) is 1. The molecule has 2 heterocycles. The first-order valence-corrected chi connectivity index (χ1v) is 8.15. The van der Waals surface area contributed by atoms with Crippen molar-refractivity contribution in [3.63, 3.8) is 0 Å². The molecule has 5 nitrogen and oxygen atoms in total. The molecule has 0 fully saturated rings. The molecule has 0 spiro atoms. The van der Waals surface area contributed by atoms with E-state index >= 15 is 0 Å². The summed E-state index contributed by atoms with van der Waals surface area (Å²) in [5.41, 5.74) is 8.77. The van der Waals surface area contributed by atoms with E-state index in [2.05, 4.69) is 10.3 Å². The zero-order valence-electron chi connectivity index (χ0n) is 13.7. The van der Waals surface area contributed by atoms with Crippen LogP contribution in [0.15, 0.2) is 54.7 Å². The van der Waals surface area contributed by atoms with Crippen LogP contribution in [0, 0.1) is 5.82 Å². The number of phenolic OH excluding ortho intramolecular Hbond substituents is 1. The molecule has 26 heavy (non-hydrogen) atoms. The number of halogens is 1. The summed E-state index contributed by atoms with van der Waals surface area (Å²) in [5, 5.41) is 12.7. The number of hydrogen-bond donors (Lipinski definition) is 3. The number of nitrogens with two attached hydrogens (primary N) is 1. The Kier molecular flexibility index (Phi) is 3.80. The SMILES string of the molecule is Nc1cccc(-c2cnc3c(c2)C(C(=O)c2cc(O)ccc2F)CN3)c1. The van der Waals surface area contributed by atoms with Crippen molar-refractivity contribution >= 4 is 17.3 Å². The summed E-state index contributed by atoms with van der Waals surface area (Å²) in [7, 11) is 0. The van der Waals surface area contributed by atoms with Crippen molar-refractivity contribution in [2.75, 3.05) is 17.6 Å². The van der Waals surface area contributed by atoms with Crippen LogP contribution < -0.4 is 11.1 Å². The van der Waals surface area contributed by atoms with Crippen molar-refractivity contribution < 1.29 is 14.3 Å². The molecule has 0 amide bonds. The molecule has 0 radical (unpaired) electrons. The van der Waals surface area contributed by atoms with Crippen molar-refractivity contribution in [3.8, 4) is 16.9 Å². The van der Waals surface area contributed by atoms with E-state index in [0.717, 1.165) is 23.3 Å². The molecule has 1 aliphatic rings. The number of pyridine rings is 1. The van der Waals surface area contributed by atoms with Crippen molar-refractivity contribution in [2.45, 2.75) is 5.92 Å². The minimum absolute atomic E-state index is 0.126. The van der Waals surface area contributed by atoms with E-state index in [0.29, 0.717) is 23.6 Å². The summed E-state index contributed by atoms with van der Waals surface area (Å²) in [6.07, 6.45) is 1.71. The molecule has 4 N–H and O–H groups in total. The fourth-order valence-electron chi connectivity index (χ4n) is 3.20. The minimum Gasteiger partial charge on any atom is -0.508 e. The third-order valence-electron chi connectivity index (χ3n) is 4.52. The average molecular weight is 349 g/mol. The first kappa shape index (κ1) is 16.1. The summed E-state index contributed by atoms with van der Waals surface area (Å²) in [5.74, 6) is -1.16. The second-order valence-corrected chi connectivity index (χ2v) is 6.25. The number of ketones is 1. The molecule has 0 saturated heterocycles. The van der Waals surface area contributed by atoms with E-state index in [9.17, 15) is 14.3 Å². The maximum atomic E-state index is 14.1. The predicted molar refractivity (Wildman–Crippen MR) is 97.7 cm³/mol. The van der Waals surface area contributed by atoms with Gasteiger partial charge in [0.05, 0.1) is 11.5 Å². The van der Waals surface area contributed by atoms with Gasteiger partial charge in [-0.05, 0) is 42.0 Å². The topological polar surface area (TPSA) is 88.2 Å². The normalized spacial score (nSPS) is 15.3. The molecule has 1 aromatic heterocycles. The van der Waals surface area contributed by atoms with Crippen LogP contribution in [-0.4, -0.2) is 22.4 Å². The molecule has 130 valence electrons.